The van der Waals surface area contributed by atoms with Gasteiger partial charge in [-0.25, -0.2) is 0 Å². The lowest BCUT2D eigenvalue weighted by Gasteiger charge is -2.04. The van der Waals surface area contributed by atoms with Gasteiger partial charge in [-0.1, -0.05) is 0 Å². The first-order chi connectivity index (χ1) is 7.66. The predicted molar refractivity (Wildman–Crippen MR) is 76.9 cm³/mol. The second-order valence-corrected chi connectivity index (χ2v) is 6.61. The van der Waals surface area contributed by atoms with Crippen molar-refractivity contribution >= 4 is 61.5 Å². The zero-order valence-electron chi connectivity index (χ0n) is 7.91. The molecule has 2 rings (SSSR count). The van der Waals surface area contributed by atoms with E-state index in [-0.39, 0.29) is 5.91 Å². The van der Waals surface area contributed by atoms with Gasteiger partial charge >= 0.3 is 0 Å². The Hall–Kier alpha value is -0.470. The van der Waals surface area contributed by atoms with Crippen LogP contribution in [0.4, 0.5) is 5.69 Å². The van der Waals surface area contributed by atoms with Gasteiger partial charge < -0.3 is 5.32 Å². The van der Waals surface area contributed by atoms with E-state index >= 15 is 0 Å². The lowest BCUT2D eigenvalue weighted by molar-refractivity contribution is 0.102. The summed E-state index contributed by atoms with van der Waals surface area (Å²) >= 11 is 7.07. The molecular formula is C10H6BrIN2OS. The fourth-order valence-corrected chi connectivity index (χ4v) is 2.78. The summed E-state index contributed by atoms with van der Waals surface area (Å²) in [5.41, 5.74) is 1.40. The Labute approximate surface area is 119 Å². The van der Waals surface area contributed by atoms with Crippen molar-refractivity contribution in [2.75, 3.05) is 5.32 Å². The zero-order chi connectivity index (χ0) is 11.5. The minimum absolute atomic E-state index is 0.105. The highest BCUT2D eigenvalue weighted by Gasteiger charge is 2.09. The molecule has 0 fully saturated rings. The van der Waals surface area contributed by atoms with Crippen molar-refractivity contribution in [3.05, 3.63) is 42.8 Å². The van der Waals surface area contributed by atoms with E-state index in [9.17, 15) is 4.79 Å². The Balaban J connectivity index is 2.17. The van der Waals surface area contributed by atoms with Crippen LogP contribution in [0, 0.1) is 2.88 Å². The van der Waals surface area contributed by atoms with Crippen LogP contribution in [0.25, 0.3) is 0 Å². The number of carbonyl (C=O) groups excluding carboxylic acids is 1. The van der Waals surface area contributed by atoms with Crippen LogP contribution in [0.1, 0.15) is 10.4 Å². The molecule has 0 saturated heterocycles. The maximum atomic E-state index is 11.8. The normalized spacial score (nSPS) is 10.1. The second kappa shape index (κ2) is 5.24. The van der Waals surface area contributed by atoms with Crippen molar-refractivity contribution in [2.45, 2.75) is 0 Å². The number of rotatable bonds is 2. The van der Waals surface area contributed by atoms with E-state index in [1.165, 1.54) is 0 Å². The van der Waals surface area contributed by atoms with Crippen LogP contribution in [0.15, 0.2) is 34.4 Å². The number of halogens is 2. The molecule has 82 valence electrons. The summed E-state index contributed by atoms with van der Waals surface area (Å²) in [7, 11) is 0. The average Bonchev–Trinajstić information content (AvgIpc) is 2.68. The minimum Gasteiger partial charge on any atom is -0.321 e. The maximum absolute atomic E-state index is 11.8. The summed E-state index contributed by atoms with van der Waals surface area (Å²) in [6.45, 7) is 0. The van der Waals surface area contributed by atoms with E-state index in [1.807, 2.05) is 11.4 Å². The number of thiophene rings is 1. The Morgan fingerprint density at radius 1 is 1.56 bits per heavy atom. The molecule has 6 heteroatoms. The molecule has 2 aromatic rings. The van der Waals surface area contributed by atoms with E-state index in [4.69, 9.17) is 0 Å². The Morgan fingerprint density at radius 3 is 3.00 bits per heavy atom. The molecule has 0 aliphatic heterocycles. The zero-order valence-corrected chi connectivity index (χ0v) is 12.5. The number of anilines is 1. The van der Waals surface area contributed by atoms with Gasteiger partial charge in [-0.3, -0.25) is 9.78 Å². The highest BCUT2D eigenvalue weighted by Crippen LogP contribution is 2.22. The molecule has 0 aliphatic rings. The maximum Gasteiger partial charge on any atom is 0.256 e. The third kappa shape index (κ3) is 2.80. The fourth-order valence-electron chi connectivity index (χ4n) is 1.10. The first-order valence-corrected chi connectivity index (χ1v) is 7.07. The number of hydrogen-bond acceptors (Lipinski definition) is 3. The third-order valence-corrected chi connectivity index (χ3v) is 4.27. The number of pyridine rings is 1. The molecule has 0 bridgehead atoms. The van der Waals surface area contributed by atoms with Gasteiger partial charge in [-0.15, -0.1) is 11.3 Å². The summed E-state index contributed by atoms with van der Waals surface area (Å²) < 4.78 is 1.87. The van der Waals surface area contributed by atoms with Crippen LogP contribution in [-0.4, -0.2) is 10.9 Å². The minimum atomic E-state index is -0.105. The fraction of sp³-hybridized carbons (Fsp3) is 0. The number of nitrogens with zero attached hydrogens (tertiary/aromatic N) is 1. The summed E-state index contributed by atoms with van der Waals surface area (Å²) in [6.07, 6.45) is 3.28. The summed E-state index contributed by atoms with van der Waals surface area (Å²) in [5, 5.41) is 4.66. The van der Waals surface area contributed by atoms with Gasteiger partial charge in [0.05, 0.1) is 18.6 Å². The van der Waals surface area contributed by atoms with Crippen LogP contribution in [0.5, 0.6) is 0 Å². The van der Waals surface area contributed by atoms with Gasteiger partial charge in [-0.05, 0) is 50.7 Å². The molecule has 16 heavy (non-hydrogen) atoms. The van der Waals surface area contributed by atoms with Crippen molar-refractivity contribution in [2.24, 2.45) is 0 Å². The van der Waals surface area contributed by atoms with Crippen LogP contribution >= 0.6 is 49.9 Å². The SMILES string of the molecule is O=C(Nc1ccncc1Br)c1csc(I)c1. The molecule has 1 amide bonds. The predicted octanol–water partition coefficient (Wildman–Crippen LogP) is 3.76. The number of nitrogens with one attached hydrogen (secondary N) is 1. The highest BCUT2D eigenvalue weighted by atomic mass is 127. The lowest BCUT2D eigenvalue weighted by atomic mass is 10.3. The van der Waals surface area contributed by atoms with Crippen molar-refractivity contribution < 1.29 is 4.79 Å². The quantitative estimate of drug-likeness (QED) is 0.768. The van der Waals surface area contributed by atoms with Crippen molar-refractivity contribution in [3.63, 3.8) is 0 Å². The number of aromatic nitrogens is 1. The van der Waals surface area contributed by atoms with Crippen LogP contribution in [0.3, 0.4) is 0 Å². The van der Waals surface area contributed by atoms with E-state index in [0.717, 1.165) is 13.0 Å². The molecule has 0 aliphatic carbocycles. The Bertz CT molecular complexity index is 529. The number of carbonyl (C=O) groups is 1. The molecule has 0 spiro atoms. The first kappa shape index (κ1) is 12.0. The molecule has 3 nitrogen and oxygen atoms in total. The summed E-state index contributed by atoms with van der Waals surface area (Å²) in [6, 6.07) is 3.61. The van der Waals surface area contributed by atoms with E-state index in [2.05, 4.69) is 48.8 Å². The van der Waals surface area contributed by atoms with Gasteiger partial charge in [0.15, 0.2) is 0 Å². The van der Waals surface area contributed by atoms with Crippen LogP contribution in [-0.2, 0) is 0 Å². The average molecular weight is 409 g/mol. The molecule has 2 heterocycles. The highest BCUT2D eigenvalue weighted by molar-refractivity contribution is 14.1. The van der Waals surface area contributed by atoms with Crippen LogP contribution in [0.2, 0.25) is 0 Å². The van der Waals surface area contributed by atoms with Crippen molar-refractivity contribution in [1.29, 1.82) is 0 Å². The molecule has 0 unspecified atom stereocenters. The van der Waals surface area contributed by atoms with E-state index in [0.29, 0.717) is 5.56 Å². The monoisotopic (exact) mass is 408 g/mol. The van der Waals surface area contributed by atoms with Gasteiger partial charge in [0.25, 0.3) is 5.91 Å². The molecule has 0 radical (unpaired) electrons. The van der Waals surface area contributed by atoms with Gasteiger partial charge in [0.1, 0.15) is 0 Å². The summed E-state index contributed by atoms with van der Waals surface area (Å²) in [5.74, 6) is -0.105. The smallest absolute Gasteiger partial charge is 0.256 e. The number of amides is 1. The van der Waals surface area contributed by atoms with Crippen LogP contribution < -0.4 is 5.32 Å². The largest absolute Gasteiger partial charge is 0.321 e. The molecule has 0 atom stereocenters. The third-order valence-electron chi connectivity index (χ3n) is 1.85. The van der Waals surface area contributed by atoms with Gasteiger partial charge in [0, 0.05) is 17.8 Å². The lowest BCUT2D eigenvalue weighted by Crippen LogP contribution is -2.11. The second-order valence-electron chi connectivity index (χ2n) is 2.95. The van der Waals surface area contributed by atoms with Crippen molar-refractivity contribution in [1.82, 2.24) is 4.98 Å². The molecule has 2 aromatic heterocycles. The number of hydrogen-bond donors (Lipinski definition) is 1. The Kier molecular flexibility index (Phi) is 3.93. The van der Waals surface area contributed by atoms with Gasteiger partial charge in [0.2, 0.25) is 0 Å². The first-order valence-electron chi connectivity index (χ1n) is 4.32. The van der Waals surface area contributed by atoms with Crippen molar-refractivity contribution in [3.8, 4) is 0 Å². The Morgan fingerprint density at radius 2 is 2.38 bits per heavy atom. The topological polar surface area (TPSA) is 42.0 Å². The van der Waals surface area contributed by atoms with E-state index < -0.39 is 0 Å². The van der Waals surface area contributed by atoms with Gasteiger partial charge in [-0.2, -0.15) is 0 Å². The molecule has 0 aromatic carbocycles. The standard InChI is InChI=1S/C10H6BrIN2OS/c11-7-4-13-2-1-8(7)14-10(15)6-3-9(12)16-5-6/h1-5H,(H,13,14,15). The van der Waals surface area contributed by atoms with E-state index in [1.54, 1.807) is 29.8 Å². The summed E-state index contributed by atoms with van der Waals surface area (Å²) in [4.78, 5) is 15.8. The molecular weight excluding hydrogens is 403 g/mol. The molecule has 1 N–H and O–H groups in total. The molecule has 0 saturated carbocycles.